The molecule has 2 N–H and O–H groups in total. The molecule has 0 aliphatic carbocycles. The standard InChI is InChI=1S/C17H21FN4O/c1-22(2)10-4-9-19-17(23)16-8-7-15(12-20-16)21-14-6-3-5-13(18)11-14/h3,5-8,11-12,21H,4,9-10H2,1-2H3,(H,19,23). The van der Waals surface area contributed by atoms with E-state index in [4.69, 9.17) is 0 Å². The van der Waals surface area contributed by atoms with Crippen LogP contribution in [-0.4, -0.2) is 43.0 Å². The van der Waals surface area contributed by atoms with Gasteiger partial charge in [-0.2, -0.15) is 0 Å². The molecule has 0 unspecified atom stereocenters. The van der Waals surface area contributed by atoms with Gasteiger partial charge in [-0.1, -0.05) is 6.07 Å². The molecule has 5 nitrogen and oxygen atoms in total. The van der Waals surface area contributed by atoms with Crippen LogP contribution in [0.15, 0.2) is 42.6 Å². The lowest BCUT2D eigenvalue weighted by molar-refractivity contribution is 0.0947. The third kappa shape index (κ3) is 5.67. The molecule has 0 spiro atoms. The maximum Gasteiger partial charge on any atom is 0.269 e. The molecule has 1 aromatic heterocycles. The lowest BCUT2D eigenvalue weighted by atomic mass is 10.2. The van der Waals surface area contributed by atoms with Crippen molar-refractivity contribution in [3.8, 4) is 0 Å². The number of pyridine rings is 1. The largest absolute Gasteiger partial charge is 0.354 e. The lowest BCUT2D eigenvalue weighted by Crippen LogP contribution is -2.27. The second-order valence-electron chi connectivity index (χ2n) is 5.48. The molecule has 0 saturated heterocycles. The molecule has 0 saturated carbocycles. The number of rotatable bonds is 7. The quantitative estimate of drug-likeness (QED) is 0.771. The Kier molecular flexibility index (Phi) is 6.05. The molecule has 0 radical (unpaired) electrons. The summed E-state index contributed by atoms with van der Waals surface area (Å²) >= 11 is 0. The number of hydrogen-bond donors (Lipinski definition) is 2. The normalized spacial score (nSPS) is 10.6. The minimum atomic E-state index is -0.309. The highest BCUT2D eigenvalue weighted by molar-refractivity contribution is 5.92. The van der Waals surface area contributed by atoms with Crippen LogP contribution in [0.25, 0.3) is 0 Å². The van der Waals surface area contributed by atoms with Gasteiger partial charge in [0.05, 0.1) is 11.9 Å². The first-order chi connectivity index (χ1) is 11.0. The summed E-state index contributed by atoms with van der Waals surface area (Å²) in [6.07, 6.45) is 2.44. The Labute approximate surface area is 135 Å². The van der Waals surface area contributed by atoms with Crippen molar-refractivity contribution < 1.29 is 9.18 Å². The molecule has 2 aromatic rings. The van der Waals surface area contributed by atoms with E-state index in [1.54, 1.807) is 30.5 Å². The zero-order chi connectivity index (χ0) is 16.7. The highest BCUT2D eigenvalue weighted by Gasteiger charge is 2.06. The van der Waals surface area contributed by atoms with Gasteiger partial charge in [0.15, 0.2) is 0 Å². The number of hydrogen-bond acceptors (Lipinski definition) is 4. The summed E-state index contributed by atoms with van der Waals surface area (Å²) < 4.78 is 13.1. The first-order valence-electron chi connectivity index (χ1n) is 7.46. The third-order valence-electron chi connectivity index (χ3n) is 3.18. The Morgan fingerprint density at radius 3 is 2.70 bits per heavy atom. The van der Waals surface area contributed by atoms with Gasteiger partial charge in [0, 0.05) is 12.2 Å². The molecule has 23 heavy (non-hydrogen) atoms. The molecule has 122 valence electrons. The van der Waals surface area contributed by atoms with Gasteiger partial charge in [-0.3, -0.25) is 4.79 Å². The van der Waals surface area contributed by atoms with Gasteiger partial charge >= 0.3 is 0 Å². The zero-order valence-corrected chi connectivity index (χ0v) is 13.3. The molecule has 0 fully saturated rings. The van der Waals surface area contributed by atoms with E-state index in [-0.39, 0.29) is 11.7 Å². The van der Waals surface area contributed by atoms with E-state index in [2.05, 4.69) is 20.5 Å². The van der Waals surface area contributed by atoms with Crippen LogP contribution in [0.4, 0.5) is 15.8 Å². The minimum absolute atomic E-state index is 0.193. The summed E-state index contributed by atoms with van der Waals surface area (Å²) in [6.45, 7) is 1.53. The number of nitrogens with zero attached hydrogens (tertiary/aromatic N) is 2. The van der Waals surface area contributed by atoms with Crippen molar-refractivity contribution in [1.29, 1.82) is 0 Å². The van der Waals surface area contributed by atoms with Gasteiger partial charge in [0.25, 0.3) is 5.91 Å². The highest BCUT2D eigenvalue weighted by Crippen LogP contribution is 2.16. The first-order valence-corrected chi connectivity index (χ1v) is 7.46. The van der Waals surface area contributed by atoms with Crippen LogP contribution in [0, 0.1) is 5.82 Å². The average Bonchev–Trinajstić information content (AvgIpc) is 2.52. The van der Waals surface area contributed by atoms with Crippen LogP contribution in [0.3, 0.4) is 0 Å². The Balaban J connectivity index is 1.87. The fraction of sp³-hybridized carbons (Fsp3) is 0.294. The lowest BCUT2D eigenvalue weighted by Gasteiger charge is -2.10. The van der Waals surface area contributed by atoms with Crippen LogP contribution in [0.1, 0.15) is 16.9 Å². The maximum absolute atomic E-state index is 13.1. The Bertz CT molecular complexity index is 643. The molecule has 0 bridgehead atoms. The number of carbonyl (C=O) groups is 1. The van der Waals surface area contributed by atoms with E-state index < -0.39 is 0 Å². The Morgan fingerprint density at radius 1 is 1.22 bits per heavy atom. The zero-order valence-electron chi connectivity index (χ0n) is 13.3. The summed E-state index contributed by atoms with van der Waals surface area (Å²) in [7, 11) is 3.99. The predicted octanol–water partition coefficient (Wildman–Crippen LogP) is 2.65. The fourth-order valence-corrected chi connectivity index (χ4v) is 2.02. The van der Waals surface area contributed by atoms with E-state index in [0.717, 1.165) is 13.0 Å². The van der Waals surface area contributed by atoms with E-state index in [9.17, 15) is 9.18 Å². The van der Waals surface area contributed by atoms with Crippen LogP contribution >= 0.6 is 0 Å². The van der Waals surface area contributed by atoms with E-state index in [1.165, 1.54) is 12.1 Å². The second-order valence-corrected chi connectivity index (χ2v) is 5.48. The van der Waals surface area contributed by atoms with E-state index in [0.29, 0.717) is 23.6 Å². The molecule has 2 rings (SSSR count). The maximum atomic E-state index is 13.1. The molecule has 0 atom stereocenters. The van der Waals surface area contributed by atoms with Crippen molar-refractivity contribution in [3.63, 3.8) is 0 Å². The van der Waals surface area contributed by atoms with Gasteiger partial charge < -0.3 is 15.5 Å². The van der Waals surface area contributed by atoms with Crippen LogP contribution in [-0.2, 0) is 0 Å². The highest BCUT2D eigenvalue weighted by atomic mass is 19.1. The Hall–Kier alpha value is -2.47. The molecule has 1 aromatic carbocycles. The summed E-state index contributed by atoms with van der Waals surface area (Å²) in [4.78, 5) is 18.1. The molecule has 0 aliphatic heterocycles. The Morgan fingerprint density at radius 2 is 2.04 bits per heavy atom. The number of aromatic nitrogens is 1. The molecular formula is C17H21FN4O. The minimum Gasteiger partial charge on any atom is -0.354 e. The van der Waals surface area contributed by atoms with Crippen molar-refractivity contribution >= 4 is 17.3 Å². The fourth-order valence-electron chi connectivity index (χ4n) is 2.02. The summed E-state index contributed by atoms with van der Waals surface area (Å²) in [5.41, 5.74) is 1.69. The van der Waals surface area contributed by atoms with E-state index >= 15 is 0 Å². The number of carbonyl (C=O) groups excluding carboxylic acids is 1. The van der Waals surface area contributed by atoms with Crippen molar-refractivity contribution in [2.24, 2.45) is 0 Å². The molecular weight excluding hydrogens is 295 g/mol. The number of benzene rings is 1. The predicted molar refractivity (Wildman–Crippen MR) is 89.4 cm³/mol. The van der Waals surface area contributed by atoms with Gasteiger partial charge in [-0.25, -0.2) is 9.37 Å². The van der Waals surface area contributed by atoms with Crippen LogP contribution in [0.2, 0.25) is 0 Å². The number of nitrogens with one attached hydrogen (secondary N) is 2. The van der Waals surface area contributed by atoms with Crippen molar-refractivity contribution in [2.75, 3.05) is 32.5 Å². The van der Waals surface area contributed by atoms with Gasteiger partial charge in [-0.05, 0) is 57.4 Å². The number of halogens is 1. The molecule has 1 heterocycles. The third-order valence-corrected chi connectivity index (χ3v) is 3.18. The smallest absolute Gasteiger partial charge is 0.269 e. The molecule has 0 aliphatic rings. The van der Waals surface area contributed by atoms with Crippen molar-refractivity contribution in [2.45, 2.75) is 6.42 Å². The van der Waals surface area contributed by atoms with Crippen molar-refractivity contribution in [1.82, 2.24) is 15.2 Å². The van der Waals surface area contributed by atoms with Gasteiger partial charge in [0.2, 0.25) is 0 Å². The second kappa shape index (κ2) is 8.24. The van der Waals surface area contributed by atoms with Gasteiger partial charge in [-0.15, -0.1) is 0 Å². The van der Waals surface area contributed by atoms with E-state index in [1.807, 2.05) is 14.1 Å². The molecule has 6 heteroatoms. The summed E-state index contributed by atoms with van der Waals surface area (Å²) in [5.74, 6) is -0.502. The first kappa shape index (κ1) is 16.9. The summed E-state index contributed by atoms with van der Waals surface area (Å²) in [5, 5.41) is 5.87. The number of amides is 1. The molecule has 1 amide bonds. The van der Waals surface area contributed by atoms with Crippen LogP contribution < -0.4 is 10.6 Å². The number of anilines is 2. The average molecular weight is 316 g/mol. The SMILES string of the molecule is CN(C)CCCNC(=O)c1ccc(Nc2cccc(F)c2)cn1. The van der Waals surface area contributed by atoms with Crippen LogP contribution in [0.5, 0.6) is 0 Å². The van der Waals surface area contributed by atoms with Gasteiger partial charge in [0.1, 0.15) is 11.5 Å². The van der Waals surface area contributed by atoms with Crippen molar-refractivity contribution in [3.05, 3.63) is 54.1 Å². The topological polar surface area (TPSA) is 57.3 Å². The summed E-state index contributed by atoms with van der Waals surface area (Å²) in [6, 6.07) is 9.54. The monoisotopic (exact) mass is 316 g/mol.